The summed E-state index contributed by atoms with van der Waals surface area (Å²) in [5, 5.41) is 0. The molecule has 6 nitrogen and oxygen atoms in total. The summed E-state index contributed by atoms with van der Waals surface area (Å²) < 4.78 is 35.8. The Bertz CT molecular complexity index is 789. The number of nitrogens with zero attached hydrogens (tertiary/aromatic N) is 1. The molecule has 0 radical (unpaired) electrons. The molecule has 1 spiro atoms. The fourth-order valence-corrected chi connectivity index (χ4v) is 5.01. The molecule has 2 aliphatic rings. The van der Waals surface area contributed by atoms with Crippen LogP contribution in [0.25, 0.3) is 0 Å². The van der Waals surface area contributed by atoms with Gasteiger partial charge >= 0.3 is 6.09 Å². The van der Waals surface area contributed by atoms with Crippen molar-refractivity contribution < 1.29 is 22.1 Å². The third-order valence-corrected chi connectivity index (χ3v) is 6.58. The SMILES string of the molecule is Cc1ccc(S(=O)(=O)OC2CC3(CCCN(C(=O)OC(C)(C)C)C3)C2)cc1. The van der Waals surface area contributed by atoms with Crippen molar-refractivity contribution in [2.45, 2.75) is 70.0 Å². The lowest BCUT2D eigenvalue weighted by Gasteiger charge is -2.52. The van der Waals surface area contributed by atoms with Crippen LogP contribution in [0.5, 0.6) is 0 Å². The minimum absolute atomic E-state index is 0.0530. The minimum atomic E-state index is -3.75. The first-order valence-electron chi connectivity index (χ1n) is 9.46. The Morgan fingerprint density at radius 3 is 2.41 bits per heavy atom. The molecule has 0 atom stereocenters. The largest absolute Gasteiger partial charge is 0.444 e. The van der Waals surface area contributed by atoms with E-state index < -0.39 is 15.7 Å². The predicted molar refractivity (Wildman–Crippen MR) is 102 cm³/mol. The first-order chi connectivity index (χ1) is 12.5. The highest BCUT2D eigenvalue weighted by Gasteiger charge is 2.49. The maximum atomic E-state index is 12.4. The average Bonchev–Trinajstić information content (AvgIpc) is 2.52. The monoisotopic (exact) mass is 395 g/mol. The highest BCUT2D eigenvalue weighted by atomic mass is 32.2. The van der Waals surface area contributed by atoms with E-state index in [1.165, 1.54) is 0 Å². The fraction of sp³-hybridized carbons (Fsp3) is 0.650. The van der Waals surface area contributed by atoms with Crippen LogP contribution >= 0.6 is 0 Å². The van der Waals surface area contributed by atoms with Crippen molar-refractivity contribution in [1.82, 2.24) is 4.90 Å². The molecule has 1 saturated carbocycles. The minimum Gasteiger partial charge on any atom is -0.444 e. The van der Waals surface area contributed by atoms with Gasteiger partial charge in [-0.1, -0.05) is 17.7 Å². The van der Waals surface area contributed by atoms with Gasteiger partial charge in [-0.3, -0.25) is 4.18 Å². The van der Waals surface area contributed by atoms with Crippen LogP contribution in [-0.2, 0) is 19.0 Å². The number of carbonyl (C=O) groups excluding carboxylic acids is 1. The number of hydrogen-bond acceptors (Lipinski definition) is 5. The molecule has 1 aromatic rings. The van der Waals surface area contributed by atoms with Gasteiger partial charge in [-0.25, -0.2) is 4.79 Å². The molecule has 0 aromatic heterocycles. The Hall–Kier alpha value is -1.60. The zero-order valence-corrected chi connectivity index (χ0v) is 17.3. The van der Waals surface area contributed by atoms with Crippen molar-refractivity contribution in [2.24, 2.45) is 5.41 Å². The molecule has 150 valence electrons. The van der Waals surface area contributed by atoms with Gasteiger partial charge in [0, 0.05) is 13.1 Å². The molecule has 1 saturated heterocycles. The number of piperidine rings is 1. The number of amides is 1. The van der Waals surface area contributed by atoms with Gasteiger partial charge in [0.15, 0.2) is 0 Å². The van der Waals surface area contributed by atoms with Gasteiger partial charge in [0.1, 0.15) is 5.60 Å². The van der Waals surface area contributed by atoms with Crippen molar-refractivity contribution in [3.8, 4) is 0 Å². The summed E-state index contributed by atoms with van der Waals surface area (Å²) in [6.07, 6.45) is 2.57. The Kier molecular flexibility index (Phi) is 5.29. The summed E-state index contributed by atoms with van der Waals surface area (Å²) in [4.78, 5) is 14.3. The fourth-order valence-electron chi connectivity index (χ4n) is 3.94. The topological polar surface area (TPSA) is 72.9 Å². The number of hydrogen-bond donors (Lipinski definition) is 0. The van der Waals surface area contributed by atoms with Crippen LogP contribution in [0.15, 0.2) is 29.2 Å². The summed E-state index contributed by atoms with van der Waals surface area (Å²) >= 11 is 0. The maximum Gasteiger partial charge on any atom is 0.410 e. The molecule has 1 aliphatic carbocycles. The van der Waals surface area contributed by atoms with E-state index in [0.717, 1.165) is 18.4 Å². The van der Waals surface area contributed by atoms with Gasteiger partial charge in [-0.05, 0) is 70.9 Å². The van der Waals surface area contributed by atoms with Crippen LogP contribution in [0.4, 0.5) is 4.79 Å². The van der Waals surface area contributed by atoms with Crippen LogP contribution in [0, 0.1) is 12.3 Å². The van der Waals surface area contributed by atoms with E-state index in [9.17, 15) is 13.2 Å². The normalized spacial score (nSPS) is 25.9. The lowest BCUT2D eigenvalue weighted by molar-refractivity contribution is -0.0643. The standard InChI is InChI=1S/C20H29NO5S/c1-15-6-8-17(9-7-15)27(23,24)26-16-12-20(13-16)10-5-11-21(14-20)18(22)25-19(2,3)4/h6-9,16H,5,10-14H2,1-4H3. The third kappa shape index (κ3) is 4.82. The van der Waals surface area contributed by atoms with Gasteiger partial charge in [0.05, 0.1) is 11.0 Å². The zero-order chi connectivity index (χ0) is 19.9. The van der Waals surface area contributed by atoms with Crippen LogP contribution in [0.1, 0.15) is 52.0 Å². The third-order valence-electron chi connectivity index (χ3n) is 5.21. The molecule has 0 unspecified atom stereocenters. The van der Waals surface area contributed by atoms with Crippen LogP contribution in [-0.4, -0.2) is 44.2 Å². The van der Waals surface area contributed by atoms with Gasteiger partial charge in [-0.2, -0.15) is 8.42 Å². The van der Waals surface area contributed by atoms with Gasteiger partial charge < -0.3 is 9.64 Å². The van der Waals surface area contributed by atoms with E-state index in [-0.39, 0.29) is 22.5 Å². The van der Waals surface area contributed by atoms with E-state index >= 15 is 0 Å². The number of benzene rings is 1. The Labute approximate surface area is 162 Å². The van der Waals surface area contributed by atoms with E-state index in [0.29, 0.717) is 25.9 Å². The Balaban J connectivity index is 1.57. The van der Waals surface area contributed by atoms with E-state index in [1.807, 2.05) is 27.7 Å². The first-order valence-corrected chi connectivity index (χ1v) is 10.9. The van der Waals surface area contributed by atoms with Gasteiger partial charge in [0.2, 0.25) is 0 Å². The number of likely N-dealkylation sites (tertiary alicyclic amines) is 1. The molecule has 1 aliphatic heterocycles. The summed E-state index contributed by atoms with van der Waals surface area (Å²) in [5.41, 5.74) is 0.429. The van der Waals surface area contributed by atoms with E-state index in [1.54, 1.807) is 29.2 Å². The highest BCUT2D eigenvalue weighted by molar-refractivity contribution is 7.86. The lowest BCUT2D eigenvalue weighted by atomic mass is 9.62. The molecular weight excluding hydrogens is 366 g/mol. The molecule has 1 heterocycles. The van der Waals surface area contributed by atoms with Gasteiger partial charge in [0.25, 0.3) is 10.1 Å². The number of carbonyl (C=O) groups is 1. The van der Waals surface area contributed by atoms with Crippen molar-refractivity contribution in [3.63, 3.8) is 0 Å². The highest BCUT2D eigenvalue weighted by Crippen LogP contribution is 2.49. The van der Waals surface area contributed by atoms with Crippen molar-refractivity contribution in [3.05, 3.63) is 29.8 Å². The van der Waals surface area contributed by atoms with Crippen molar-refractivity contribution in [1.29, 1.82) is 0 Å². The second-order valence-electron chi connectivity index (χ2n) is 8.90. The molecule has 3 rings (SSSR count). The summed E-state index contributed by atoms with van der Waals surface area (Å²) in [6, 6.07) is 6.67. The Morgan fingerprint density at radius 1 is 1.19 bits per heavy atom. The van der Waals surface area contributed by atoms with Crippen LogP contribution in [0.3, 0.4) is 0 Å². The number of rotatable bonds is 3. The van der Waals surface area contributed by atoms with Gasteiger partial charge in [-0.15, -0.1) is 0 Å². The molecular formula is C20H29NO5S. The molecule has 27 heavy (non-hydrogen) atoms. The molecule has 2 fully saturated rings. The molecule has 7 heteroatoms. The molecule has 0 bridgehead atoms. The van der Waals surface area contributed by atoms with E-state index in [4.69, 9.17) is 8.92 Å². The lowest BCUT2D eigenvalue weighted by Crippen LogP contribution is -2.55. The zero-order valence-electron chi connectivity index (χ0n) is 16.5. The Morgan fingerprint density at radius 2 is 1.81 bits per heavy atom. The quantitative estimate of drug-likeness (QED) is 0.726. The second-order valence-corrected chi connectivity index (χ2v) is 10.5. The first kappa shape index (κ1) is 20.1. The molecule has 1 aromatic carbocycles. The molecule has 1 amide bonds. The van der Waals surface area contributed by atoms with Crippen molar-refractivity contribution in [2.75, 3.05) is 13.1 Å². The van der Waals surface area contributed by atoms with E-state index in [2.05, 4.69) is 0 Å². The summed E-state index contributed by atoms with van der Waals surface area (Å²) in [5.74, 6) is 0. The summed E-state index contributed by atoms with van der Waals surface area (Å²) in [7, 11) is -3.75. The number of aryl methyl sites for hydroxylation is 1. The smallest absolute Gasteiger partial charge is 0.410 e. The average molecular weight is 396 g/mol. The van der Waals surface area contributed by atoms with Crippen molar-refractivity contribution >= 4 is 16.2 Å². The van der Waals surface area contributed by atoms with Crippen LogP contribution < -0.4 is 0 Å². The predicted octanol–water partition coefficient (Wildman–Crippen LogP) is 3.88. The second kappa shape index (κ2) is 7.09. The maximum absolute atomic E-state index is 12.4. The number of ether oxygens (including phenoxy) is 1. The molecule has 0 N–H and O–H groups in total. The van der Waals surface area contributed by atoms with Crippen LogP contribution in [0.2, 0.25) is 0 Å². The summed E-state index contributed by atoms with van der Waals surface area (Å²) in [6.45, 7) is 8.76.